The van der Waals surface area contributed by atoms with Gasteiger partial charge in [-0.05, 0) is 44.4 Å². The highest BCUT2D eigenvalue weighted by Crippen LogP contribution is 2.42. The summed E-state index contributed by atoms with van der Waals surface area (Å²) in [4.78, 5) is 10.9. The fourth-order valence-electron chi connectivity index (χ4n) is 3.14. The van der Waals surface area contributed by atoms with Gasteiger partial charge in [-0.15, -0.1) is 0 Å². The van der Waals surface area contributed by atoms with Crippen molar-refractivity contribution in [3.8, 4) is 0 Å². The normalized spacial score (nSPS) is 41.7. The summed E-state index contributed by atoms with van der Waals surface area (Å²) in [6, 6.07) is 0. The van der Waals surface area contributed by atoms with Crippen molar-refractivity contribution >= 4 is 6.29 Å². The fraction of sp³-hybridized carbons (Fsp3) is 0.923. The number of ether oxygens (including phenoxy) is 1. The third-order valence-corrected chi connectivity index (χ3v) is 4.32. The maximum Gasteiger partial charge on any atom is 0.123 e. The molecule has 15 heavy (non-hydrogen) atoms. The lowest BCUT2D eigenvalue weighted by molar-refractivity contribution is -0.136. The zero-order valence-electron chi connectivity index (χ0n) is 9.71. The van der Waals surface area contributed by atoms with Crippen molar-refractivity contribution in [3.05, 3.63) is 0 Å². The fourth-order valence-corrected chi connectivity index (χ4v) is 3.14. The van der Waals surface area contributed by atoms with Crippen molar-refractivity contribution in [2.45, 2.75) is 57.5 Å². The van der Waals surface area contributed by atoms with Crippen LogP contribution >= 0.6 is 0 Å². The summed E-state index contributed by atoms with van der Waals surface area (Å²) in [5.41, 5.74) is 0.0789. The highest BCUT2D eigenvalue weighted by molar-refractivity contribution is 5.53. The Morgan fingerprint density at radius 3 is 2.67 bits per heavy atom. The Morgan fingerprint density at radius 1 is 1.33 bits per heavy atom. The van der Waals surface area contributed by atoms with Crippen LogP contribution in [-0.4, -0.2) is 18.5 Å². The minimum absolute atomic E-state index is 0.0789. The molecule has 86 valence electrons. The topological polar surface area (TPSA) is 26.3 Å². The van der Waals surface area contributed by atoms with Gasteiger partial charge in [0.15, 0.2) is 0 Å². The number of rotatable bonds is 2. The van der Waals surface area contributed by atoms with Gasteiger partial charge in [0, 0.05) is 12.5 Å². The van der Waals surface area contributed by atoms with E-state index < -0.39 is 0 Å². The minimum atomic E-state index is 0.0789. The second kappa shape index (κ2) is 4.65. The Morgan fingerprint density at radius 2 is 2.07 bits per heavy atom. The molecule has 0 aromatic heterocycles. The molecule has 1 saturated heterocycles. The van der Waals surface area contributed by atoms with E-state index in [0.29, 0.717) is 0 Å². The van der Waals surface area contributed by atoms with Crippen LogP contribution in [0.1, 0.15) is 51.9 Å². The number of aldehydes is 1. The van der Waals surface area contributed by atoms with E-state index in [0.717, 1.165) is 31.7 Å². The molecule has 0 aromatic carbocycles. The first-order valence-electron chi connectivity index (χ1n) is 6.37. The lowest BCUT2D eigenvalue weighted by Crippen LogP contribution is -2.43. The first-order valence-corrected chi connectivity index (χ1v) is 6.37. The molecule has 1 aliphatic carbocycles. The van der Waals surface area contributed by atoms with E-state index in [1.54, 1.807) is 0 Å². The molecule has 0 bridgehead atoms. The average Bonchev–Trinajstić information content (AvgIpc) is 2.30. The average molecular weight is 210 g/mol. The lowest BCUT2D eigenvalue weighted by Gasteiger charge is -2.44. The van der Waals surface area contributed by atoms with Gasteiger partial charge in [0.25, 0.3) is 0 Å². The minimum Gasteiger partial charge on any atom is -0.375 e. The molecule has 2 aliphatic rings. The van der Waals surface area contributed by atoms with E-state index in [-0.39, 0.29) is 11.5 Å². The van der Waals surface area contributed by atoms with Crippen LogP contribution < -0.4 is 0 Å². The first kappa shape index (κ1) is 11.1. The van der Waals surface area contributed by atoms with Crippen LogP contribution in [-0.2, 0) is 9.53 Å². The van der Waals surface area contributed by atoms with Crippen LogP contribution in [0.4, 0.5) is 0 Å². The second-order valence-corrected chi connectivity index (χ2v) is 5.27. The van der Waals surface area contributed by atoms with Crippen LogP contribution in [0, 0.1) is 11.8 Å². The van der Waals surface area contributed by atoms with E-state index in [9.17, 15) is 4.79 Å². The zero-order chi connectivity index (χ0) is 10.7. The summed E-state index contributed by atoms with van der Waals surface area (Å²) in [5.74, 6) is 1.16. The molecule has 1 atom stereocenters. The quantitative estimate of drug-likeness (QED) is 0.655. The molecule has 1 saturated carbocycles. The number of hydrogen-bond acceptors (Lipinski definition) is 2. The van der Waals surface area contributed by atoms with Crippen molar-refractivity contribution in [1.29, 1.82) is 0 Å². The smallest absolute Gasteiger partial charge is 0.123 e. The van der Waals surface area contributed by atoms with Gasteiger partial charge in [0.05, 0.1) is 5.60 Å². The Balaban J connectivity index is 1.93. The van der Waals surface area contributed by atoms with Crippen molar-refractivity contribution < 1.29 is 9.53 Å². The highest BCUT2D eigenvalue weighted by atomic mass is 16.5. The second-order valence-electron chi connectivity index (χ2n) is 5.27. The van der Waals surface area contributed by atoms with Crippen LogP contribution in [0.2, 0.25) is 0 Å². The molecule has 1 spiro atoms. The van der Waals surface area contributed by atoms with E-state index >= 15 is 0 Å². The largest absolute Gasteiger partial charge is 0.375 e. The number of carbonyl (C=O) groups excluding carboxylic acids is 1. The van der Waals surface area contributed by atoms with Gasteiger partial charge in [0.1, 0.15) is 6.29 Å². The predicted molar refractivity (Wildman–Crippen MR) is 59.7 cm³/mol. The summed E-state index contributed by atoms with van der Waals surface area (Å²) in [6.45, 7) is 3.07. The molecule has 1 unspecified atom stereocenters. The SMILES string of the molecule is CCC1CCC2(CC1)CC(C=O)CCO2. The van der Waals surface area contributed by atoms with E-state index in [1.165, 1.54) is 32.1 Å². The Hall–Kier alpha value is -0.370. The maximum atomic E-state index is 10.9. The molecule has 1 heterocycles. The molecular formula is C13H22O2. The summed E-state index contributed by atoms with van der Waals surface area (Å²) < 4.78 is 5.97. The Bertz CT molecular complexity index is 217. The van der Waals surface area contributed by atoms with Gasteiger partial charge in [0.2, 0.25) is 0 Å². The molecular weight excluding hydrogens is 188 g/mol. The van der Waals surface area contributed by atoms with Gasteiger partial charge in [-0.2, -0.15) is 0 Å². The van der Waals surface area contributed by atoms with Crippen LogP contribution in [0.15, 0.2) is 0 Å². The molecule has 0 radical (unpaired) electrons. The van der Waals surface area contributed by atoms with E-state index in [1.807, 2.05) is 0 Å². The molecule has 2 heteroatoms. The summed E-state index contributed by atoms with van der Waals surface area (Å²) in [6.07, 6.45) is 9.29. The van der Waals surface area contributed by atoms with E-state index in [4.69, 9.17) is 4.74 Å². The van der Waals surface area contributed by atoms with Gasteiger partial charge >= 0.3 is 0 Å². The highest BCUT2D eigenvalue weighted by Gasteiger charge is 2.40. The standard InChI is InChI=1S/C13H22O2/c1-2-11-3-6-13(7-4-11)9-12(10-14)5-8-15-13/h10-12H,2-9H2,1H3. The molecule has 0 N–H and O–H groups in total. The monoisotopic (exact) mass is 210 g/mol. The van der Waals surface area contributed by atoms with Gasteiger partial charge in [-0.25, -0.2) is 0 Å². The third kappa shape index (κ3) is 2.41. The number of carbonyl (C=O) groups is 1. The van der Waals surface area contributed by atoms with Gasteiger partial charge < -0.3 is 9.53 Å². The summed E-state index contributed by atoms with van der Waals surface area (Å²) >= 11 is 0. The van der Waals surface area contributed by atoms with Crippen molar-refractivity contribution in [1.82, 2.24) is 0 Å². The molecule has 2 rings (SSSR count). The lowest BCUT2D eigenvalue weighted by atomic mass is 9.72. The van der Waals surface area contributed by atoms with Crippen molar-refractivity contribution in [2.75, 3.05) is 6.61 Å². The first-order chi connectivity index (χ1) is 7.28. The van der Waals surface area contributed by atoms with Gasteiger partial charge in [-0.3, -0.25) is 0 Å². The molecule has 2 fully saturated rings. The number of hydrogen-bond donors (Lipinski definition) is 0. The summed E-state index contributed by atoms with van der Waals surface area (Å²) in [5, 5.41) is 0. The Kier molecular flexibility index (Phi) is 3.45. The molecule has 1 aliphatic heterocycles. The van der Waals surface area contributed by atoms with E-state index in [2.05, 4.69) is 6.92 Å². The van der Waals surface area contributed by atoms with Crippen LogP contribution in [0.25, 0.3) is 0 Å². The van der Waals surface area contributed by atoms with Crippen LogP contribution in [0.5, 0.6) is 0 Å². The van der Waals surface area contributed by atoms with Crippen molar-refractivity contribution in [2.24, 2.45) is 11.8 Å². The van der Waals surface area contributed by atoms with Crippen molar-refractivity contribution in [3.63, 3.8) is 0 Å². The van der Waals surface area contributed by atoms with Gasteiger partial charge in [-0.1, -0.05) is 13.3 Å². The molecule has 2 nitrogen and oxygen atoms in total. The molecule has 0 amide bonds. The molecule has 0 aromatic rings. The summed E-state index contributed by atoms with van der Waals surface area (Å²) in [7, 11) is 0. The zero-order valence-corrected chi connectivity index (χ0v) is 9.71. The third-order valence-electron chi connectivity index (χ3n) is 4.32. The maximum absolute atomic E-state index is 10.9. The Labute approximate surface area is 92.4 Å². The predicted octanol–water partition coefficient (Wildman–Crippen LogP) is 2.95. The van der Waals surface area contributed by atoms with Crippen LogP contribution in [0.3, 0.4) is 0 Å².